The Bertz CT molecular complexity index is 529. The lowest BCUT2D eigenvalue weighted by atomic mass is 10.2. The Morgan fingerprint density at radius 1 is 1.41 bits per heavy atom. The van der Waals surface area contributed by atoms with Crippen LogP contribution in [0.15, 0.2) is 0 Å². The van der Waals surface area contributed by atoms with Crippen LogP contribution in [0.4, 0.5) is 0 Å². The van der Waals surface area contributed by atoms with Gasteiger partial charge < -0.3 is 9.67 Å². The van der Waals surface area contributed by atoms with Gasteiger partial charge in [0.15, 0.2) is 21.5 Å². The molecular weight excluding hydrogens is 242 g/mol. The van der Waals surface area contributed by atoms with Crippen LogP contribution in [-0.2, 0) is 21.2 Å². The Morgan fingerprint density at radius 2 is 2.00 bits per heavy atom. The molecule has 1 aliphatic rings. The van der Waals surface area contributed by atoms with Crippen molar-refractivity contribution in [3.8, 4) is 0 Å². The SMILES string of the molecule is CC(C)(c1nnc(CO)n1C1CC1)S(C)(=O)=O. The third-order valence-electron chi connectivity index (χ3n) is 3.29. The number of hydrogen-bond acceptors (Lipinski definition) is 5. The number of aliphatic hydroxyl groups excluding tert-OH is 1. The summed E-state index contributed by atoms with van der Waals surface area (Å²) in [7, 11) is -3.28. The molecule has 6 nitrogen and oxygen atoms in total. The highest BCUT2D eigenvalue weighted by atomic mass is 32.2. The van der Waals surface area contributed by atoms with Crippen LogP contribution in [0.25, 0.3) is 0 Å². The smallest absolute Gasteiger partial charge is 0.159 e. The zero-order chi connectivity index (χ0) is 12.8. The zero-order valence-corrected chi connectivity index (χ0v) is 11.0. The molecule has 0 aromatic carbocycles. The summed E-state index contributed by atoms with van der Waals surface area (Å²) in [5.41, 5.74) is 0. The molecule has 1 aromatic rings. The van der Waals surface area contributed by atoms with E-state index >= 15 is 0 Å². The molecule has 1 heterocycles. The number of hydrogen-bond donors (Lipinski definition) is 1. The molecule has 1 saturated carbocycles. The second kappa shape index (κ2) is 3.78. The van der Waals surface area contributed by atoms with Gasteiger partial charge >= 0.3 is 0 Å². The predicted molar refractivity (Wildman–Crippen MR) is 62.1 cm³/mol. The molecule has 17 heavy (non-hydrogen) atoms. The van der Waals surface area contributed by atoms with E-state index in [1.54, 1.807) is 18.4 Å². The van der Waals surface area contributed by atoms with Crippen molar-refractivity contribution in [2.45, 2.75) is 44.1 Å². The summed E-state index contributed by atoms with van der Waals surface area (Å²) in [6.45, 7) is 3.02. The number of aliphatic hydroxyl groups is 1. The van der Waals surface area contributed by atoms with Crippen molar-refractivity contribution >= 4 is 9.84 Å². The third kappa shape index (κ3) is 1.97. The third-order valence-corrected chi connectivity index (χ3v) is 5.32. The van der Waals surface area contributed by atoms with Crippen LogP contribution in [0.2, 0.25) is 0 Å². The highest BCUT2D eigenvalue weighted by molar-refractivity contribution is 7.91. The van der Waals surface area contributed by atoms with Gasteiger partial charge in [0.1, 0.15) is 11.4 Å². The minimum absolute atomic E-state index is 0.219. The van der Waals surface area contributed by atoms with E-state index in [9.17, 15) is 13.5 Å². The van der Waals surface area contributed by atoms with Crippen LogP contribution >= 0.6 is 0 Å². The van der Waals surface area contributed by atoms with Gasteiger partial charge in [-0.25, -0.2) is 8.42 Å². The largest absolute Gasteiger partial charge is 0.388 e. The molecule has 0 amide bonds. The number of rotatable bonds is 4. The molecule has 0 unspecified atom stereocenters. The van der Waals surface area contributed by atoms with Gasteiger partial charge in [0.05, 0.1) is 0 Å². The van der Waals surface area contributed by atoms with E-state index in [2.05, 4.69) is 10.2 Å². The Morgan fingerprint density at radius 3 is 2.41 bits per heavy atom. The summed E-state index contributed by atoms with van der Waals surface area (Å²) in [4.78, 5) is 0. The Balaban J connectivity index is 2.56. The van der Waals surface area contributed by atoms with Gasteiger partial charge in [-0.15, -0.1) is 10.2 Å². The van der Waals surface area contributed by atoms with E-state index in [0.717, 1.165) is 12.8 Å². The summed E-state index contributed by atoms with van der Waals surface area (Å²) >= 11 is 0. The first kappa shape index (κ1) is 12.5. The fourth-order valence-corrected chi connectivity index (χ4v) is 2.20. The van der Waals surface area contributed by atoms with Crippen LogP contribution < -0.4 is 0 Å². The second-order valence-electron chi connectivity index (χ2n) is 4.98. The molecule has 96 valence electrons. The summed E-state index contributed by atoms with van der Waals surface area (Å²) in [6, 6.07) is 0.239. The Labute approximate surface area is 101 Å². The van der Waals surface area contributed by atoms with Crippen molar-refractivity contribution in [3.05, 3.63) is 11.6 Å². The quantitative estimate of drug-likeness (QED) is 0.845. The van der Waals surface area contributed by atoms with Crippen LogP contribution in [0, 0.1) is 0 Å². The second-order valence-corrected chi connectivity index (χ2v) is 7.55. The van der Waals surface area contributed by atoms with Crippen LogP contribution in [0.1, 0.15) is 44.4 Å². The fraction of sp³-hybridized carbons (Fsp3) is 0.800. The molecule has 0 saturated heterocycles. The average molecular weight is 259 g/mol. The minimum Gasteiger partial charge on any atom is -0.388 e. The van der Waals surface area contributed by atoms with E-state index in [1.165, 1.54) is 6.26 Å². The topological polar surface area (TPSA) is 85.1 Å². The zero-order valence-electron chi connectivity index (χ0n) is 10.2. The first-order chi connectivity index (χ1) is 7.79. The minimum atomic E-state index is -3.28. The van der Waals surface area contributed by atoms with E-state index in [1.807, 2.05) is 0 Å². The maximum absolute atomic E-state index is 11.8. The monoisotopic (exact) mass is 259 g/mol. The molecular formula is C10H17N3O3S. The van der Waals surface area contributed by atoms with Gasteiger partial charge in [-0.1, -0.05) is 0 Å². The van der Waals surface area contributed by atoms with Crippen LogP contribution in [-0.4, -0.2) is 34.5 Å². The average Bonchev–Trinajstić information content (AvgIpc) is 2.95. The molecule has 0 bridgehead atoms. The van der Waals surface area contributed by atoms with Gasteiger partial charge in [-0.3, -0.25) is 0 Å². The maximum Gasteiger partial charge on any atom is 0.159 e. The van der Waals surface area contributed by atoms with Crippen LogP contribution in [0.3, 0.4) is 0 Å². The lowest BCUT2D eigenvalue weighted by Gasteiger charge is -2.22. The van der Waals surface area contributed by atoms with Crippen molar-refractivity contribution in [1.29, 1.82) is 0 Å². The molecule has 0 spiro atoms. The molecule has 0 aliphatic heterocycles. The molecule has 1 aliphatic carbocycles. The summed E-state index contributed by atoms with van der Waals surface area (Å²) in [5, 5.41) is 17.0. The molecule has 1 fully saturated rings. The summed E-state index contributed by atoms with van der Waals surface area (Å²) in [5.74, 6) is 0.866. The van der Waals surface area contributed by atoms with Gasteiger partial charge in [0, 0.05) is 12.3 Å². The van der Waals surface area contributed by atoms with Gasteiger partial charge in [0.25, 0.3) is 0 Å². The van der Waals surface area contributed by atoms with E-state index in [4.69, 9.17) is 0 Å². The maximum atomic E-state index is 11.8. The van der Waals surface area contributed by atoms with Gasteiger partial charge in [-0.2, -0.15) is 0 Å². The normalized spacial score (nSPS) is 17.4. The molecule has 2 rings (SSSR count). The number of aromatic nitrogens is 3. The molecule has 1 N–H and O–H groups in total. The number of nitrogens with zero attached hydrogens (tertiary/aromatic N) is 3. The van der Waals surface area contributed by atoms with Crippen molar-refractivity contribution in [2.75, 3.05) is 6.26 Å². The molecule has 0 atom stereocenters. The predicted octanol–water partition coefficient (Wildman–Crippen LogP) is 0.385. The van der Waals surface area contributed by atoms with Gasteiger partial charge in [-0.05, 0) is 26.7 Å². The Hall–Kier alpha value is -0.950. The van der Waals surface area contributed by atoms with Crippen molar-refractivity contribution < 1.29 is 13.5 Å². The lowest BCUT2D eigenvalue weighted by Crippen LogP contribution is -2.32. The van der Waals surface area contributed by atoms with E-state index in [0.29, 0.717) is 11.6 Å². The first-order valence-corrected chi connectivity index (χ1v) is 7.43. The van der Waals surface area contributed by atoms with Crippen LogP contribution in [0.5, 0.6) is 0 Å². The van der Waals surface area contributed by atoms with Crippen molar-refractivity contribution in [3.63, 3.8) is 0 Å². The summed E-state index contributed by atoms with van der Waals surface area (Å²) < 4.78 is 24.3. The van der Waals surface area contributed by atoms with E-state index in [-0.39, 0.29) is 12.6 Å². The van der Waals surface area contributed by atoms with Crippen molar-refractivity contribution in [2.24, 2.45) is 0 Å². The highest BCUT2D eigenvalue weighted by Gasteiger charge is 2.41. The van der Waals surface area contributed by atoms with Crippen molar-refractivity contribution in [1.82, 2.24) is 14.8 Å². The standard InChI is InChI=1S/C10H17N3O3S/c1-10(2,17(3,15)16)9-12-11-8(6-14)13(9)7-4-5-7/h7,14H,4-6H2,1-3H3. The summed E-state index contributed by atoms with van der Waals surface area (Å²) in [6.07, 6.45) is 3.16. The van der Waals surface area contributed by atoms with E-state index < -0.39 is 14.6 Å². The molecule has 7 heteroatoms. The molecule has 0 radical (unpaired) electrons. The highest BCUT2D eigenvalue weighted by Crippen LogP contribution is 2.40. The molecule has 1 aromatic heterocycles. The first-order valence-electron chi connectivity index (χ1n) is 5.53. The Kier molecular flexibility index (Phi) is 2.78. The van der Waals surface area contributed by atoms with Gasteiger partial charge in [0.2, 0.25) is 0 Å². The number of sulfone groups is 1. The lowest BCUT2D eigenvalue weighted by molar-refractivity contribution is 0.263. The fourth-order valence-electron chi connectivity index (χ4n) is 1.72.